The van der Waals surface area contributed by atoms with Gasteiger partial charge in [-0.1, -0.05) is 18.2 Å². The summed E-state index contributed by atoms with van der Waals surface area (Å²) >= 11 is 0. The summed E-state index contributed by atoms with van der Waals surface area (Å²) in [5.41, 5.74) is 11.3. The summed E-state index contributed by atoms with van der Waals surface area (Å²) in [7, 11) is 0. The Hall–Kier alpha value is -1.83. The van der Waals surface area contributed by atoms with Crippen molar-refractivity contribution in [3.05, 3.63) is 47.8 Å². The van der Waals surface area contributed by atoms with Crippen molar-refractivity contribution in [3.63, 3.8) is 0 Å². The first-order chi connectivity index (χ1) is 7.18. The molecule has 1 aromatic carbocycles. The fourth-order valence-corrected chi connectivity index (χ4v) is 1.67. The zero-order valence-corrected chi connectivity index (χ0v) is 8.99. The maximum absolute atomic E-state index is 5.72. The number of pyridine rings is 1. The molecule has 0 amide bonds. The Morgan fingerprint density at radius 3 is 2.67 bits per heavy atom. The maximum Gasteiger partial charge on any atom is 0.0506 e. The Morgan fingerprint density at radius 1 is 1.13 bits per heavy atom. The minimum absolute atomic E-state index is 0.702. The van der Waals surface area contributed by atoms with E-state index in [1.807, 2.05) is 12.3 Å². The molecule has 0 fully saturated rings. The predicted molar refractivity (Wildman–Crippen MR) is 63.6 cm³/mol. The van der Waals surface area contributed by atoms with Crippen LogP contribution in [0.15, 0.2) is 36.7 Å². The molecule has 2 nitrogen and oxygen atoms in total. The largest absolute Gasteiger partial charge is 0.397 e. The summed E-state index contributed by atoms with van der Waals surface area (Å²) < 4.78 is 0. The van der Waals surface area contributed by atoms with Gasteiger partial charge in [-0.15, -0.1) is 0 Å². The number of anilines is 1. The van der Waals surface area contributed by atoms with Gasteiger partial charge >= 0.3 is 0 Å². The third-order valence-corrected chi connectivity index (χ3v) is 2.68. The Kier molecular flexibility index (Phi) is 2.42. The monoisotopic (exact) mass is 198 g/mol. The number of nitrogens with two attached hydrogens (primary N) is 1. The molecule has 2 heteroatoms. The van der Waals surface area contributed by atoms with Crippen LogP contribution in [0.4, 0.5) is 5.69 Å². The molecular weight excluding hydrogens is 184 g/mol. The Morgan fingerprint density at radius 2 is 1.93 bits per heavy atom. The van der Waals surface area contributed by atoms with Gasteiger partial charge in [-0.25, -0.2) is 0 Å². The molecule has 0 aliphatic carbocycles. The molecule has 2 aromatic rings. The van der Waals surface area contributed by atoms with Crippen LogP contribution in [0.1, 0.15) is 11.1 Å². The van der Waals surface area contributed by atoms with Gasteiger partial charge in [0.25, 0.3) is 0 Å². The van der Waals surface area contributed by atoms with Crippen molar-refractivity contribution in [1.82, 2.24) is 4.98 Å². The summed E-state index contributed by atoms with van der Waals surface area (Å²) in [4.78, 5) is 4.11. The number of rotatable bonds is 1. The molecule has 0 aliphatic heterocycles. The van der Waals surface area contributed by atoms with Crippen LogP contribution in [0.5, 0.6) is 0 Å². The van der Waals surface area contributed by atoms with E-state index in [1.54, 1.807) is 6.20 Å². The molecule has 0 saturated carbocycles. The molecule has 76 valence electrons. The van der Waals surface area contributed by atoms with Crippen molar-refractivity contribution in [2.24, 2.45) is 0 Å². The highest BCUT2D eigenvalue weighted by Gasteiger charge is 2.03. The summed E-state index contributed by atoms with van der Waals surface area (Å²) in [5, 5.41) is 0. The maximum atomic E-state index is 5.72. The number of nitrogens with zero attached hydrogens (tertiary/aromatic N) is 1. The van der Waals surface area contributed by atoms with Gasteiger partial charge in [0.15, 0.2) is 0 Å². The van der Waals surface area contributed by atoms with Crippen LogP contribution in [-0.2, 0) is 0 Å². The van der Waals surface area contributed by atoms with Gasteiger partial charge in [-0.05, 0) is 36.6 Å². The Labute approximate surface area is 89.8 Å². The normalized spacial score (nSPS) is 10.3. The topological polar surface area (TPSA) is 38.9 Å². The highest BCUT2D eigenvalue weighted by molar-refractivity contribution is 5.70. The van der Waals surface area contributed by atoms with Crippen LogP contribution in [0.3, 0.4) is 0 Å². The van der Waals surface area contributed by atoms with E-state index in [0.29, 0.717) is 5.69 Å². The lowest BCUT2D eigenvalue weighted by molar-refractivity contribution is 1.30. The second-order valence-corrected chi connectivity index (χ2v) is 3.75. The van der Waals surface area contributed by atoms with Gasteiger partial charge < -0.3 is 5.73 Å². The van der Waals surface area contributed by atoms with Gasteiger partial charge in [0, 0.05) is 18.0 Å². The lowest BCUT2D eigenvalue weighted by atomic mass is 9.98. The van der Waals surface area contributed by atoms with Gasteiger partial charge in [-0.2, -0.15) is 0 Å². The third-order valence-electron chi connectivity index (χ3n) is 2.68. The highest BCUT2D eigenvalue weighted by Crippen LogP contribution is 2.25. The number of benzene rings is 1. The quantitative estimate of drug-likeness (QED) is 0.765. The number of nitrogen functional groups attached to an aromatic ring is 1. The SMILES string of the molecule is Cc1cccc(-c2cncc(N)c2)c1C. The van der Waals surface area contributed by atoms with Crippen molar-refractivity contribution >= 4 is 5.69 Å². The minimum Gasteiger partial charge on any atom is -0.397 e. The van der Waals surface area contributed by atoms with Crippen LogP contribution in [0.2, 0.25) is 0 Å². The molecule has 0 atom stereocenters. The third kappa shape index (κ3) is 1.84. The van der Waals surface area contributed by atoms with E-state index < -0.39 is 0 Å². The van der Waals surface area contributed by atoms with Crippen molar-refractivity contribution < 1.29 is 0 Å². The summed E-state index contributed by atoms with van der Waals surface area (Å²) in [6, 6.07) is 8.22. The first-order valence-corrected chi connectivity index (χ1v) is 4.95. The van der Waals surface area contributed by atoms with E-state index in [1.165, 1.54) is 16.7 Å². The number of hydrogen-bond acceptors (Lipinski definition) is 2. The number of hydrogen-bond donors (Lipinski definition) is 1. The average Bonchev–Trinajstić information content (AvgIpc) is 2.22. The molecule has 0 unspecified atom stereocenters. The fraction of sp³-hybridized carbons (Fsp3) is 0.154. The van der Waals surface area contributed by atoms with Gasteiger partial charge in [0.1, 0.15) is 0 Å². The van der Waals surface area contributed by atoms with Crippen molar-refractivity contribution in [2.45, 2.75) is 13.8 Å². The molecule has 2 rings (SSSR count). The van der Waals surface area contributed by atoms with Crippen LogP contribution in [0.25, 0.3) is 11.1 Å². The first-order valence-electron chi connectivity index (χ1n) is 4.95. The smallest absolute Gasteiger partial charge is 0.0506 e. The van der Waals surface area contributed by atoms with E-state index in [9.17, 15) is 0 Å². The van der Waals surface area contributed by atoms with E-state index in [-0.39, 0.29) is 0 Å². The van der Waals surface area contributed by atoms with Crippen molar-refractivity contribution in [1.29, 1.82) is 0 Å². The second-order valence-electron chi connectivity index (χ2n) is 3.75. The summed E-state index contributed by atoms with van der Waals surface area (Å²) in [6.07, 6.45) is 3.51. The lowest BCUT2D eigenvalue weighted by Crippen LogP contribution is -1.90. The van der Waals surface area contributed by atoms with E-state index >= 15 is 0 Å². The van der Waals surface area contributed by atoms with Gasteiger partial charge in [0.2, 0.25) is 0 Å². The predicted octanol–water partition coefficient (Wildman–Crippen LogP) is 2.95. The minimum atomic E-state index is 0.702. The van der Waals surface area contributed by atoms with Crippen molar-refractivity contribution in [3.8, 4) is 11.1 Å². The second kappa shape index (κ2) is 3.73. The Balaban J connectivity index is 2.59. The molecule has 1 heterocycles. The molecule has 15 heavy (non-hydrogen) atoms. The van der Waals surface area contributed by atoms with Crippen LogP contribution in [-0.4, -0.2) is 4.98 Å². The molecular formula is C13H14N2. The standard InChI is InChI=1S/C13H14N2/c1-9-4-3-5-13(10(9)2)11-6-12(14)8-15-7-11/h3-8H,14H2,1-2H3. The van der Waals surface area contributed by atoms with E-state index in [4.69, 9.17) is 5.73 Å². The van der Waals surface area contributed by atoms with Crippen LogP contribution >= 0.6 is 0 Å². The van der Waals surface area contributed by atoms with Crippen LogP contribution in [0, 0.1) is 13.8 Å². The number of aryl methyl sites for hydroxylation is 1. The van der Waals surface area contributed by atoms with Crippen LogP contribution < -0.4 is 5.73 Å². The zero-order chi connectivity index (χ0) is 10.8. The van der Waals surface area contributed by atoms with Gasteiger partial charge in [0.05, 0.1) is 5.69 Å². The molecule has 1 aromatic heterocycles. The Bertz CT molecular complexity index is 490. The van der Waals surface area contributed by atoms with E-state index in [2.05, 4.69) is 37.0 Å². The molecule has 0 bridgehead atoms. The molecule has 0 spiro atoms. The molecule has 0 aliphatic rings. The summed E-state index contributed by atoms with van der Waals surface area (Å²) in [5.74, 6) is 0. The average molecular weight is 198 g/mol. The molecule has 2 N–H and O–H groups in total. The lowest BCUT2D eigenvalue weighted by Gasteiger charge is -2.08. The van der Waals surface area contributed by atoms with Gasteiger partial charge in [-0.3, -0.25) is 4.98 Å². The molecule has 0 saturated heterocycles. The fourth-order valence-electron chi connectivity index (χ4n) is 1.67. The first kappa shape index (κ1) is 9.71. The zero-order valence-electron chi connectivity index (χ0n) is 8.99. The van der Waals surface area contributed by atoms with E-state index in [0.717, 1.165) is 5.56 Å². The number of aromatic nitrogens is 1. The molecule has 0 radical (unpaired) electrons. The highest BCUT2D eigenvalue weighted by atomic mass is 14.7. The summed E-state index contributed by atoms with van der Waals surface area (Å²) in [6.45, 7) is 4.23. The van der Waals surface area contributed by atoms with Crippen molar-refractivity contribution in [2.75, 3.05) is 5.73 Å².